The lowest BCUT2D eigenvalue weighted by molar-refractivity contribution is 0.667. The first-order chi connectivity index (χ1) is 8.18. The van der Waals surface area contributed by atoms with Crippen molar-refractivity contribution in [2.75, 3.05) is 0 Å². The van der Waals surface area contributed by atoms with Gasteiger partial charge in [0.15, 0.2) is 5.43 Å². The molecule has 2 aromatic rings. The molecule has 1 aromatic heterocycles. The number of aryl methyl sites for hydroxylation is 2. The summed E-state index contributed by atoms with van der Waals surface area (Å²) in [6.45, 7) is 1.95. The Morgan fingerprint density at radius 1 is 1.24 bits per heavy atom. The van der Waals surface area contributed by atoms with Crippen LogP contribution in [0, 0.1) is 6.92 Å². The number of benzene rings is 1. The summed E-state index contributed by atoms with van der Waals surface area (Å²) in [4.78, 5) is 15.8. The highest BCUT2D eigenvalue weighted by atomic mass is 35.5. The van der Waals surface area contributed by atoms with Gasteiger partial charge in [0.25, 0.3) is 0 Å². The van der Waals surface area contributed by atoms with Crippen molar-refractivity contribution < 1.29 is 0 Å². The standard InChI is InChI=1S/C14H14ClNO/c1-8-11(15)7-6-10-13(8)16-12-5-3-2-4-9(12)14(10)17/h6-7H,2-5H2,1H3,(H,16,17). The lowest BCUT2D eigenvalue weighted by atomic mass is 9.94. The quantitative estimate of drug-likeness (QED) is 0.761. The Morgan fingerprint density at radius 3 is 2.82 bits per heavy atom. The fraction of sp³-hybridized carbons (Fsp3) is 0.357. The number of nitrogens with one attached hydrogen (secondary N) is 1. The zero-order valence-corrected chi connectivity index (χ0v) is 10.5. The minimum atomic E-state index is 0.188. The van der Waals surface area contributed by atoms with E-state index >= 15 is 0 Å². The van der Waals surface area contributed by atoms with Crippen LogP contribution in [0.2, 0.25) is 5.02 Å². The van der Waals surface area contributed by atoms with Crippen LogP contribution < -0.4 is 5.43 Å². The second kappa shape index (κ2) is 3.88. The van der Waals surface area contributed by atoms with E-state index in [0.29, 0.717) is 5.02 Å². The molecule has 1 N–H and O–H groups in total. The Bertz CT molecular complexity index is 657. The van der Waals surface area contributed by atoms with Gasteiger partial charge in [0.2, 0.25) is 0 Å². The minimum absolute atomic E-state index is 0.188. The van der Waals surface area contributed by atoms with E-state index in [2.05, 4.69) is 4.98 Å². The largest absolute Gasteiger partial charge is 0.358 e. The minimum Gasteiger partial charge on any atom is -0.358 e. The predicted molar refractivity (Wildman–Crippen MR) is 71.0 cm³/mol. The van der Waals surface area contributed by atoms with Gasteiger partial charge in [-0.2, -0.15) is 0 Å². The molecule has 0 amide bonds. The molecule has 1 heterocycles. The Balaban J connectivity index is 2.44. The van der Waals surface area contributed by atoms with Crippen LogP contribution in [0.4, 0.5) is 0 Å². The molecule has 0 aliphatic heterocycles. The van der Waals surface area contributed by atoms with Crippen molar-refractivity contribution in [2.24, 2.45) is 0 Å². The molecule has 3 heteroatoms. The molecule has 0 unspecified atom stereocenters. The van der Waals surface area contributed by atoms with Crippen LogP contribution in [-0.2, 0) is 12.8 Å². The molecule has 17 heavy (non-hydrogen) atoms. The topological polar surface area (TPSA) is 32.9 Å². The van der Waals surface area contributed by atoms with Crippen LogP contribution >= 0.6 is 11.6 Å². The molecule has 1 aliphatic carbocycles. The second-order valence-corrected chi connectivity index (χ2v) is 5.12. The monoisotopic (exact) mass is 247 g/mol. The maximum absolute atomic E-state index is 12.4. The van der Waals surface area contributed by atoms with Crippen LogP contribution in [0.5, 0.6) is 0 Å². The Labute approximate surface area is 105 Å². The van der Waals surface area contributed by atoms with Crippen LogP contribution in [0.3, 0.4) is 0 Å². The third kappa shape index (κ3) is 1.59. The fourth-order valence-corrected chi connectivity index (χ4v) is 2.80. The van der Waals surface area contributed by atoms with Gasteiger partial charge >= 0.3 is 0 Å². The number of aromatic amines is 1. The number of halogens is 1. The summed E-state index contributed by atoms with van der Waals surface area (Å²) in [5.41, 5.74) is 4.15. The van der Waals surface area contributed by atoms with Gasteiger partial charge in [-0.05, 0) is 50.3 Å². The van der Waals surface area contributed by atoms with Crippen molar-refractivity contribution in [1.29, 1.82) is 0 Å². The second-order valence-electron chi connectivity index (χ2n) is 4.71. The number of fused-ring (bicyclic) bond motifs is 2. The average molecular weight is 248 g/mol. The summed E-state index contributed by atoms with van der Waals surface area (Å²) in [5, 5.41) is 1.48. The van der Waals surface area contributed by atoms with Gasteiger partial charge in [-0.25, -0.2) is 0 Å². The van der Waals surface area contributed by atoms with E-state index in [4.69, 9.17) is 11.6 Å². The molecule has 2 nitrogen and oxygen atoms in total. The SMILES string of the molecule is Cc1c(Cl)ccc2c(=O)c3c([nH]c12)CCCC3. The highest BCUT2D eigenvalue weighted by Crippen LogP contribution is 2.25. The van der Waals surface area contributed by atoms with E-state index in [1.54, 1.807) is 0 Å². The molecule has 0 radical (unpaired) electrons. The normalized spacial score (nSPS) is 14.9. The number of hydrogen-bond acceptors (Lipinski definition) is 1. The first kappa shape index (κ1) is 10.8. The fourth-order valence-electron chi connectivity index (χ4n) is 2.64. The van der Waals surface area contributed by atoms with Crippen molar-refractivity contribution in [1.82, 2.24) is 4.98 Å². The van der Waals surface area contributed by atoms with Gasteiger partial charge < -0.3 is 4.98 Å². The zero-order valence-electron chi connectivity index (χ0n) is 9.77. The molecule has 0 fully saturated rings. The summed E-state index contributed by atoms with van der Waals surface area (Å²) < 4.78 is 0. The Hall–Kier alpha value is -1.28. The third-order valence-electron chi connectivity index (χ3n) is 3.66. The highest BCUT2D eigenvalue weighted by Gasteiger charge is 2.16. The van der Waals surface area contributed by atoms with Crippen LogP contribution in [0.1, 0.15) is 29.7 Å². The molecule has 0 saturated carbocycles. The Kier molecular flexibility index (Phi) is 2.48. The van der Waals surface area contributed by atoms with Crippen LogP contribution in [0.25, 0.3) is 10.9 Å². The maximum Gasteiger partial charge on any atom is 0.192 e. The van der Waals surface area contributed by atoms with E-state index in [1.165, 1.54) is 0 Å². The third-order valence-corrected chi connectivity index (χ3v) is 4.07. The van der Waals surface area contributed by atoms with Crippen molar-refractivity contribution in [2.45, 2.75) is 32.6 Å². The number of rotatable bonds is 0. The molecule has 0 bridgehead atoms. The van der Waals surface area contributed by atoms with Crippen molar-refractivity contribution in [3.8, 4) is 0 Å². The summed E-state index contributed by atoms with van der Waals surface area (Å²) in [7, 11) is 0. The summed E-state index contributed by atoms with van der Waals surface area (Å²) in [6, 6.07) is 3.64. The number of pyridine rings is 1. The molecule has 1 aromatic carbocycles. The van der Waals surface area contributed by atoms with Gasteiger partial charge in [-0.15, -0.1) is 0 Å². The van der Waals surface area contributed by atoms with Crippen molar-refractivity contribution in [3.05, 3.63) is 44.2 Å². The van der Waals surface area contributed by atoms with Gasteiger partial charge in [0.1, 0.15) is 0 Å². The number of hydrogen-bond donors (Lipinski definition) is 1. The van der Waals surface area contributed by atoms with Crippen molar-refractivity contribution in [3.63, 3.8) is 0 Å². The molecule has 0 atom stereocenters. The first-order valence-electron chi connectivity index (χ1n) is 6.01. The Morgan fingerprint density at radius 2 is 2.00 bits per heavy atom. The summed E-state index contributed by atoms with van der Waals surface area (Å²) >= 11 is 6.10. The molecule has 1 aliphatic rings. The molecule has 3 rings (SSSR count). The van der Waals surface area contributed by atoms with E-state index in [0.717, 1.165) is 53.4 Å². The molecule has 0 saturated heterocycles. The van der Waals surface area contributed by atoms with Gasteiger partial charge in [-0.3, -0.25) is 4.79 Å². The average Bonchev–Trinajstić information content (AvgIpc) is 2.35. The number of aromatic nitrogens is 1. The summed E-state index contributed by atoms with van der Waals surface area (Å²) in [5.74, 6) is 0. The lowest BCUT2D eigenvalue weighted by Crippen LogP contribution is -2.18. The number of H-pyrrole nitrogens is 1. The maximum atomic E-state index is 12.4. The van der Waals surface area contributed by atoms with Gasteiger partial charge in [-0.1, -0.05) is 11.6 Å². The highest BCUT2D eigenvalue weighted by molar-refractivity contribution is 6.32. The predicted octanol–water partition coefficient (Wildman–Crippen LogP) is 3.37. The van der Waals surface area contributed by atoms with E-state index in [9.17, 15) is 4.79 Å². The van der Waals surface area contributed by atoms with E-state index in [1.807, 2.05) is 19.1 Å². The zero-order chi connectivity index (χ0) is 12.0. The van der Waals surface area contributed by atoms with Gasteiger partial charge in [0, 0.05) is 21.7 Å². The molecular formula is C14H14ClNO. The molecule has 0 spiro atoms. The first-order valence-corrected chi connectivity index (χ1v) is 6.39. The molecule has 88 valence electrons. The van der Waals surface area contributed by atoms with Crippen LogP contribution in [-0.4, -0.2) is 4.98 Å². The summed E-state index contributed by atoms with van der Waals surface area (Å²) in [6.07, 6.45) is 4.16. The molecular weight excluding hydrogens is 234 g/mol. The van der Waals surface area contributed by atoms with Crippen LogP contribution in [0.15, 0.2) is 16.9 Å². The smallest absolute Gasteiger partial charge is 0.192 e. The van der Waals surface area contributed by atoms with Crippen molar-refractivity contribution >= 4 is 22.5 Å². The van der Waals surface area contributed by atoms with Gasteiger partial charge in [0.05, 0.1) is 5.52 Å². The lowest BCUT2D eigenvalue weighted by Gasteiger charge is -2.16. The van der Waals surface area contributed by atoms with E-state index in [-0.39, 0.29) is 5.43 Å². The van der Waals surface area contributed by atoms with E-state index < -0.39 is 0 Å².